The van der Waals surface area contributed by atoms with Crippen molar-refractivity contribution in [3.63, 3.8) is 0 Å². The van der Waals surface area contributed by atoms with Gasteiger partial charge in [0.2, 0.25) is 5.55 Å². The Hall–Kier alpha value is -1.12. The van der Waals surface area contributed by atoms with Crippen LogP contribution in [0.4, 0.5) is 0 Å². The van der Waals surface area contributed by atoms with E-state index in [2.05, 4.69) is 37.7 Å². The minimum Gasteiger partial charge on any atom is -0.441 e. The highest BCUT2D eigenvalue weighted by Gasteiger charge is 2.27. The molecule has 3 nitrogen and oxygen atoms in total. The number of furan rings is 1. The van der Waals surface area contributed by atoms with Crippen molar-refractivity contribution in [2.45, 2.75) is 46.0 Å². The summed E-state index contributed by atoms with van der Waals surface area (Å²) in [5.41, 5.74) is 2.08. The van der Waals surface area contributed by atoms with Crippen LogP contribution in [-0.2, 0) is 11.8 Å². The average molecular weight is 220 g/mol. The summed E-state index contributed by atoms with van der Waals surface area (Å²) >= 11 is 0. The normalized spacial score (nSPS) is 15.2. The second-order valence-electron chi connectivity index (χ2n) is 4.92. The molecule has 0 fully saturated rings. The molecule has 16 heavy (non-hydrogen) atoms. The van der Waals surface area contributed by atoms with Gasteiger partial charge in [0.25, 0.3) is 0 Å². The standard InChI is InChI=1S/C13H20N2O/c1-5-9-10-12(15-8-7-14-10)16-11(9)13(3,4)6-2/h5-8H2,1-4H3. The number of rotatable bonds is 3. The van der Waals surface area contributed by atoms with Crippen molar-refractivity contribution in [3.8, 4) is 0 Å². The predicted octanol–water partition coefficient (Wildman–Crippen LogP) is 1.78. The van der Waals surface area contributed by atoms with Crippen molar-refractivity contribution in [2.24, 2.45) is 9.98 Å². The van der Waals surface area contributed by atoms with Gasteiger partial charge in [-0.25, -0.2) is 4.99 Å². The number of hydrogen-bond acceptors (Lipinski definition) is 3. The molecule has 3 heteroatoms. The summed E-state index contributed by atoms with van der Waals surface area (Å²) in [6, 6.07) is 0. The summed E-state index contributed by atoms with van der Waals surface area (Å²) in [5, 5.41) is 1.00. The van der Waals surface area contributed by atoms with E-state index in [-0.39, 0.29) is 5.41 Å². The molecule has 0 aromatic carbocycles. The Morgan fingerprint density at radius 2 is 1.88 bits per heavy atom. The van der Waals surface area contributed by atoms with Crippen LogP contribution in [0.5, 0.6) is 0 Å². The van der Waals surface area contributed by atoms with Gasteiger partial charge in [-0.2, -0.15) is 0 Å². The van der Waals surface area contributed by atoms with Crippen molar-refractivity contribution >= 4 is 0 Å². The molecule has 0 bridgehead atoms. The van der Waals surface area contributed by atoms with Crippen LogP contribution in [0, 0.1) is 0 Å². The molecule has 0 saturated heterocycles. The molecule has 0 unspecified atom stereocenters. The van der Waals surface area contributed by atoms with Crippen molar-refractivity contribution in [1.82, 2.24) is 0 Å². The zero-order valence-corrected chi connectivity index (χ0v) is 10.6. The molecule has 0 atom stereocenters. The van der Waals surface area contributed by atoms with Gasteiger partial charge >= 0.3 is 0 Å². The lowest BCUT2D eigenvalue weighted by atomic mass is 9.85. The average Bonchev–Trinajstić information content (AvgIpc) is 2.68. The first kappa shape index (κ1) is 11.4. The molecular formula is C13H20N2O. The molecule has 0 amide bonds. The number of nitrogens with zero attached hydrogens (tertiary/aromatic N) is 2. The summed E-state index contributed by atoms with van der Waals surface area (Å²) in [6.45, 7) is 10.3. The zero-order valence-electron chi connectivity index (χ0n) is 10.6. The zero-order chi connectivity index (χ0) is 11.8. The van der Waals surface area contributed by atoms with E-state index in [4.69, 9.17) is 4.42 Å². The van der Waals surface area contributed by atoms with Crippen LogP contribution in [0.15, 0.2) is 14.4 Å². The molecule has 0 saturated carbocycles. The van der Waals surface area contributed by atoms with Crippen molar-refractivity contribution in [1.29, 1.82) is 0 Å². The summed E-state index contributed by atoms with van der Waals surface area (Å²) < 4.78 is 5.92. The van der Waals surface area contributed by atoms with Crippen molar-refractivity contribution < 1.29 is 4.42 Å². The minimum atomic E-state index is 0.0771. The lowest BCUT2D eigenvalue weighted by molar-refractivity contribution is 0.350. The van der Waals surface area contributed by atoms with Crippen LogP contribution < -0.4 is 10.9 Å². The highest BCUT2D eigenvalue weighted by Crippen LogP contribution is 2.28. The van der Waals surface area contributed by atoms with Crippen LogP contribution >= 0.6 is 0 Å². The molecular weight excluding hydrogens is 200 g/mol. The highest BCUT2D eigenvalue weighted by atomic mass is 16.3. The van der Waals surface area contributed by atoms with Crippen LogP contribution in [0.3, 0.4) is 0 Å². The molecule has 1 aromatic rings. The van der Waals surface area contributed by atoms with Crippen LogP contribution in [0.25, 0.3) is 0 Å². The fraction of sp³-hybridized carbons (Fsp3) is 0.692. The molecule has 1 aromatic heterocycles. The Labute approximate surface area is 96.3 Å². The summed E-state index contributed by atoms with van der Waals surface area (Å²) in [6.07, 6.45) is 2.03. The molecule has 1 aliphatic heterocycles. The Morgan fingerprint density at radius 1 is 1.19 bits per heavy atom. The van der Waals surface area contributed by atoms with Gasteiger partial charge in [0.05, 0.1) is 13.1 Å². The largest absolute Gasteiger partial charge is 0.441 e. The van der Waals surface area contributed by atoms with E-state index in [1.54, 1.807) is 0 Å². The Kier molecular flexibility index (Phi) is 2.87. The summed E-state index contributed by atoms with van der Waals surface area (Å²) in [4.78, 5) is 8.95. The minimum absolute atomic E-state index is 0.0771. The third-order valence-corrected chi connectivity index (χ3v) is 3.44. The molecule has 2 rings (SSSR count). The fourth-order valence-corrected chi connectivity index (χ4v) is 2.06. The highest BCUT2D eigenvalue weighted by molar-refractivity contribution is 5.24. The number of hydrogen-bond donors (Lipinski definition) is 0. The predicted molar refractivity (Wildman–Crippen MR) is 63.4 cm³/mol. The van der Waals surface area contributed by atoms with Gasteiger partial charge in [0.1, 0.15) is 11.1 Å². The van der Waals surface area contributed by atoms with E-state index < -0.39 is 0 Å². The van der Waals surface area contributed by atoms with Gasteiger partial charge in [-0.15, -0.1) is 0 Å². The topological polar surface area (TPSA) is 37.9 Å². The lowest BCUT2D eigenvalue weighted by Crippen LogP contribution is -2.28. The summed E-state index contributed by atoms with van der Waals surface area (Å²) in [5.74, 6) is 1.08. The van der Waals surface area contributed by atoms with Crippen LogP contribution in [-0.4, -0.2) is 13.1 Å². The van der Waals surface area contributed by atoms with Crippen molar-refractivity contribution in [3.05, 3.63) is 22.2 Å². The third kappa shape index (κ3) is 1.68. The van der Waals surface area contributed by atoms with Gasteiger partial charge in [-0.3, -0.25) is 4.99 Å². The van der Waals surface area contributed by atoms with Gasteiger partial charge in [-0.1, -0.05) is 27.7 Å². The van der Waals surface area contributed by atoms with Gasteiger partial charge in [0.15, 0.2) is 0 Å². The maximum absolute atomic E-state index is 5.92. The molecule has 0 N–H and O–H groups in total. The maximum atomic E-state index is 5.92. The molecule has 88 valence electrons. The van der Waals surface area contributed by atoms with E-state index in [0.717, 1.165) is 42.6 Å². The van der Waals surface area contributed by atoms with Gasteiger partial charge in [0, 0.05) is 11.0 Å². The van der Waals surface area contributed by atoms with E-state index in [1.165, 1.54) is 5.56 Å². The molecule has 0 spiro atoms. The van der Waals surface area contributed by atoms with E-state index in [1.807, 2.05) is 0 Å². The molecule has 2 heterocycles. The van der Waals surface area contributed by atoms with E-state index >= 15 is 0 Å². The Morgan fingerprint density at radius 3 is 2.50 bits per heavy atom. The van der Waals surface area contributed by atoms with E-state index in [9.17, 15) is 0 Å². The Bertz CT molecular complexity index is 497. The summed E-state index contributed by atoms with van der Waals surface area (Å²) in [7, 11) is 0. The second-order valence-corrected chi connectivity index (χ2v) is 4.92. The molecule has 0 aliphatic carbocycles. The number of fused-ring (bicyclic) bond motifs is 1. The third-order valence-electron chi connectivity index (χ3n) is 3.44. The van der Waals surface area contributed by atoms with Gasteiger partial charge < -0.3 is 4.42 Å². The van der Waals surface area contributed by atoms with Crippen LogP contribution in [0.2, 0.25) is 0 Å². The smallest absolute Gasteiger partial charge is 0.240 e. The van der Waals surface area contributed by atoms with Gasteiger partial charge in [-0.05, 0) is 12.8 Å². The van der Waals surface area contributed by atoms with E-state index in [0.29, 0.717) is 0 Å². The second kappa shape index (κ2) is 4.04. The Balaban J connectivity index is 2.69. The fourth-order valence-electron chi connectivity index (χ4n) is 2.06. The quantitative estimate of drug-likeness (QED) is 0.765. The first-order valence-corrected chi connectivity index (χ1v) is 6.11. The molecule has 1 aliphatic rings. The first-order chi connectivity index (χ1) is 7.60. The molecule has 0 radical (unpaired) electrons. The first-order valence-electron chi connectivity index (χ1n) is 6.11. The monoisotopic (exact) mass is 220 g/mol. The lowest BCUT2D eigenvalue weighted by Gasteiger charge is -2.20. The van der Waals surface area contributed by atoms with Crippen LogP contribution in [0.1, 0.15) is 45.4 Å². The van der Waals surface area contributed by atoms with Crippen molar-refractivity contribution in [2.75, 3.05) is 13.1 Å². The maximum Gasteiger partial charge on any atom is 0.240 e. The SMILES string of the molecule is CCc1c(C(C)(C)CC)oc2c1=NCCN=2.